The van der Waals surface area contributed by atoms with Gasteiger partial charge in [0.05, 0.1) is 11.5 Å². The fourth-order valence-electron chi connectivity index (χ4n) is 3.50. The zero-order chi connectivity index (χ0) is 16.9. The topological polar surface area (TPSA) is 40.6 Å². The number of hydrogen-bond acceptors (Lipinski definition) is 2. The van der Waals surface area contributed by atoms with E-state index in [1.807, 2.05) is 54.6 Å². The van der Waals surface area contributed by atoms with Crippen molar-refractivity contribution in [2.45, 2.75) is 12.0 Å². The predicted octanol–water partition coefficient (Wildman–Crippen LogP) is 3.33. The number of likely N-dealkylation sites (N-methyl/N-ethyl adjacent to an activating group) is 1. The third kappa shape index (κ3) is 1.86. The summed E-state index contributed by atoms with van der Waals surface area (Å²) in [6.45, 7) is 0. The van der Waals surface area contributed by atoms with Crippen molar-refractivity contribution in [3.63, 3.8) is 0 Å². The lowest BCUT2D eigenvalue weighted by molar-refractivity contribution is -0.159. The number of halogens is 1. The van der Waals surface area contributed by atoms with E-state index in [2.05, 4.69) is 0 Å². The summed E-state index contributed by atoms with van der Waals surface area (Å²) in [6, 6.07) is 17.0. The fraction of sp³-hybridized carbons (Fsp3) is 0.158. The van der Waals surface area contributed by atoms with Gasteiger partial charge in [-0.3, -0.25) is 14.5 Å². The fourth-order valence-corrected chi connectivity index (χ4v) is 3.72. The van der Waals surface area contributed by atoms with Gasteiger partial charge in [0.1, 0.15) is 0 Å². The van der Waals surface area contributed by atoms with Gasteiger partial charge in [-0.1, -0.05) is 60.1 Å². The van der Waals surface area contributed by atoms with Crippen molar-refractivity contribution in [2.75, 3.05) is 11.9 Å². The van der Waals surface area contributed by atoms with Gasteiger partial charge in [0.2, 0.25) is 5.91 Å². The molecule has 2 amide bonds. The van der Waals surface area contributed by atoms with Crippen LogP contribution in [-0.2, 0) is 15.1 Å². The van der Waals surface area contributed by atoms with Crippen LogP contribution in [0.5, 0.6) is 0 Å². The first-order valence-corrected chi connectivity index (χ1v) is 8.06. The summed E-state index contributed by atoms with van der Waals surface area (Å²) in [5, 5.41) is 0.433. The molecule has 4 rings (SSSR count). The van der Waals surface area contributed by atoms with Crippen molar-refractivity contribution < 1.29 is 9.59 Å². The molecular weight excluding hydrogens is 324 g/mol. The van der Waals surface area contributed by atoms with Crippen molar-refractivity contribution in [3.8, 4) is 0 Å². The largest absolute Gasteiger partial charge is 0.313 e. The lowest BCUT2D eigenvalue weighted by Gasteiger charge is -2.46. The number of hydrogen-bond donors (Lipinski definition) is 0. The van der Waals surface area contributed by atoms with Gasteiger partial charge in [-0.05, 0) is 11.6 Å². The van der Waals surface area contributed by atoms with E-state index < -0.39 is 5.54 Å². The Morgan fingerprint density at radius 2 is 1.75 bits per heavy atom. The standard InChI is InChI=1S/C19H15ClN2O2/c1-21-16-10-6-5-9-14(16)19(18(21)24)11-17(23)22(19)12-15(20)13-7-3-2-4-8-13/h2-10,12H,11H2,1H3/b15-12+. The Labute approximate surface area is 144 Å². The van der Waals surface area contributed by atoms with E-state index in [0.29, 0.717) is 5.03 Å². The van der Waals surface area contributed by atoms with E-state index in [1.54, 1.807) is 18.1 Å². The maximum Gasteiger partial charge on any atom is 0.258 e. The molecule has 2 aromatic carbocycles. The van der Waals surface area contributed by atoms with E-state index >= 15 is 0 Å². The SMILES string of the molecule is CN1C(=O)C2(CC(=O)N2/C=C(/Cl)c2ccccc2)c2ccccc21. The second kappa shape index (κ2) is 5.21. The van der Waals surface area contributed by atoms with Crippen LogP contribution in [0.4, 0.5) is 5.69 Å². The summed E-state index contributed by atoms with van der Waals surface area (Å²) in [7, 11) is 1.74. The van der Waals surface area contributed by atoms with Crippen molar-refractivity contribution >= 4 is 34.1 Å². The summed E-state index contributed by atoms with van der Waals surface area (Å²) in [5.74, 6) is -0.209. The highest BCUT2D eigenvalue weighted by molar-refractivity contribution is 6.48. The van der Waals surface area contributed by atoms with Gasteiger partial charge < -0.3 is 4.90 Å². The molecular formula is C19H15ClN2O2. The minimum Gasteiger partial charge on any atom is -0.313 e. The Balaban J connectivity index is 1.80. The van der Waals surface area contributed by atoms with Gasteiger partial charge in [0.15, 0.2) is 5.54 Å². The van der Waals surface area contributed by atoms with Gasteiger partial charge in [-0.2, -0.15) is 0 Å². The van der Waals surface area contributed by atoms with E-state index in [-0.39, 0.29) is 18.2 Å². The van der Waals surface area contributed by atoms with Crippen LogP contribution in [0.15, 0.2) is 60.8 Å². The molecule has 2 aromatic rings. The minimum absolute atomic E-state index is 0.0999. The molecule has 120 valence electrons. The molecule has 2 aliphatic heterocycles. The Morgan fingerprint density at radius 3 is 2.46 bits per heavy atom. The lowest BCUT2D eigenvalue weighted by atomic mass is 9.78. The summed E-state index contributed by atoms with van der Waals surface area (Å²) < 4.78 is 0. The van der Waals surface area contributed by atoms with Crippen LogP contribution in [0.2, 0.25) is 0 Å². The first-order chi connectivity index (χ1) is 11.6. The Morgan fingerprint density at radius 1 is 1.08 bits per heavy atom. The number of carbonyl (C=O) groups is 2. The van der Waals surface area contributed by atoms with Crippen LogP contribution in [0.3, 0.4) is 0 Å². The number of rotatable bonds is 2. The van der Waals surface area contributed by atoms with Crippen molar-refractivity contribution in [3.05, 3.63) is 71.9 Å². The van der Waals surface area contributed by atoms with E-state index in [0.717, 1.165) is 16.8 Å². The smallest absolute Gasteiger partial charge is 0.258 e. The van der Waals surface area contributed by atoms with Crippen molar-refractivity contribution in [1.29, 1.82) is 0 Å². The van der Waals surface area contributed by atoms with Crippen LogP contribution >= 0.6 is 11.6 Å². The van der Waals surface area contributed by atoms with Crippen LogP contribution in [-0.4, -0.2) is 23.8 Å². The molecule has 1 atom stereocenters. The van der Waals surface area contributed by atoms with Gasteiger partial charge in [0, 0.05) is 24.5 Å². The number of benzene rings is 2. The van der Waals surface area contributed by atoms with Gasteiger partial charge in [-0.25, -0.2) is 0 Å². The van der Waals surface area contributed by atoms with E-state index in [4.69, 9.17) is 11.6 Å². The summed E-state index contributed by atoms with van der Waals surface area (Å²) in [4.78, 5) is 28.3. The van der Waals surface area contributed by atoms with E-state index in [9.17, 15) is 9.59 Å². The monoisotopic (exact) mass is 338 g/mol. The molecule has 1 saturated heterocycles. The van der Waals surface area contributed by atoms with Crippen LogP contribution in [0, 0.1) is 0 Å². The summed E-state index contributed by atoms with van der Waals surface area (Å²) in [6.07, 6.45) is 1.75. The van der Waals surface area contributed by atoms with Crippen LogP contribution < -0.4 is 4.90 Å². The average molecular weight is 339 g/mol. The number of carbonyl (C=O) groups excluding carboxylic acids is 2. The zero-order valence-electron chi connectivity index (χ0n) is 13.1. The first-order valence-electron chi connectivity index (χ1n) is 7.68. The van der Waals surface area contributed by atoms with E-state index in [1.165, 1.54) is 4.90 Å². The maximum absolute atomic E-state index is 12.9. The molecule has 1 fully saturated rings. The molecule has 0 radical (unpaired) electrons. The predicted molar refractivity (Wildman–Crippen MR) is 93.3 cm³/mol. The summed E-state index contributed by atoms with van der Waals surface area (Å²) in [5.41, 5.74) is 1.54. The molecule has 0 N–H and O–H groups in total. The lowest BCUT2D eigenvalue weighted by Crippen LogP contribution is -2.63. The number of nitrogens with zero attached hydrogens (tertiary/aromatic N) is 2. The molecule has 0 aliphatic carbocycles. The van der Waals surface area contributed by atoms with Gasteiger partial charge in [0.25, 0.3) is 5.91 Å². The second-order valence-electron chi connectivity index (χ2n) is 6.03. The normalized spacial score (nSPS) is 22.8. The molecule has 0 aromatic heterocycles. The highest BCUT2D eigenvalue weighted by atomic mass is 35.5. The Kier molecular flexibility index (Phi) is 3.25. The number of fused-ring (bicyclic) bond motifs is 2. The Hall–Kier alpha value is -2.59. The number of para-hydroxylation sites is 1. The molecule has 0 bridgehead atoms. The molecule has 24 heavy (non-hydrogen) atoms. The molecule has 1 unspecified atom stereocenters. The minimum atomic E-state index is -0.961. The maximum atomic E-state index is 12.9. The molecule has 5 heteroatoms. The molecule has 2 heterocycles. The number of amides is 2. The quantitative estimate of drug-likeness (QED) is 0.788. The third-order valence-electron chi connectivity index (χ3n) is 4.75. The van der Waals surface area contributed by atoms with Gasteiger partial charge in [-0.15, -0.1) is 0 Å². The highest BCUT2D eigenvalue weighted by Crippen LogP contribution is 2.52. The molecule has 1 spiro atoms. The van der Waals surface area contributed by atoms with Crippen molar-refractivity contribution in [2.24, 2.45) is 0 Å². The molecule has 4 nitrogen and oxygen atoms in total. The zero-order valence-corrected chi connectivity index (χ0v) is 13.8. The Bertz CT molecular complexity index is 878. The number of anilines is 1. The van der Waals surface area contributed by atoms with Gasteiger partial charge >= 0.3 is 0 Å². The molecule has 2 aliphatic rings. The first kappa shape index (κ1) is 15.0. The average Bonchev–Trinajstić information content (AvgIpc) is 2.84. The highest BCUT2D eigenvalue weighted by Gasteiger charge is 2.62. The number of β-lactam (4-membered cyclic amide) rings is 1. The molecule has 0 saturated carbocycles. The van der Waals surface area contributed by atoms with Crippen LogP contribution in [0.25, 0.3) is 5.03 Å². The summed E-state index contributed by atoms with van der Waals surface area (Å²) >= 11 is 6.39. The van der Waals surface area contributed by atoms with Crippen molar-refractivity contribution in [1.82, 2.24) is 4.90 Å². The third-order valence-corrected chi connectivity index (χ3v) is 5.06. The van der Waals surface area contributed by atoms with Crippen LogP contribution in [0.1, 0.15) is 17.5 Å². The number of likely N-dealkylation sites (tertiary alicyclic amines) is 1. The second-order valence-corrected chi connectivity index (χ2v) is 6.43.